The van der Waals surface area contributed by atoms with Gasteiger partial charge in [-0.3, -0.25) is 0 Å². The lowest BCUT2D eigenvalue weighted by atomic mass is 10.2. The van der Waals surface area contributed by atoms with Crippen molar-refractivity contribution in [1.29, 1.82) is 0 Å². The molecule has 74 valence electrons. The van der Waals surface area contributed by atoms with Crippen molar-refractivity contribution in [2.24, 2.45) is 0 Å². The number of benzene rings is 1. The molecule has 1 heterocycles. The van der Waals surface area contributed by atoms with Gasteiger partial charge in [0, 0.05) is 17.6 Å². The smallest absolute Gasteiger partial charge is 0.0833 e. The van der Waals surface area contributed by atoms with Crippen LogP contribution in [0, 0.1) is 6.92 Å². The Morgan fingerprint density at radius 3 is 2.79 bits per heavy atom. The molecule has 0 saturated heterocycles. The van der Waals surface area contributed by atoms with Crippen LogP contribution in [0.5, 0.6) is 0 Å². The summed E-state index contributed by atoms with van der Waals surface area (Å²) in [6.45, 7) is 5.23. The largest absolute Gasteiger partial charge is 0.390 e. The van der Waals surface area contributed by atoms with E-state index in [1.54, 1.807) is 0 Å². The van der Waals surface area contributed by atoms with Crippen LogP contribution in [0.2, 0.25) is 0 Å². The molecule has 0 unspecified atom stereocenters. The maximum atomic E-state index is 9.22. The molecule has 2 rings (SSSR count). The zero-order valence-corrected chi connectivity index (χ0v) is 8.62. The number of fused-ring (bicyclic) bond motifs is 1. The summed E-state index contributed by atoms with van der Waals surface area (Å²) < 4.78 is 2.17. The van der Waals surface area contributed by atoms with E-state index in [9.17, 15) is 5.11 Å². The van der Waals surface area contributed by atoms with E-state index in [1.807, 2.05) is 0 Å². The first-order chi connectivity index (χ1) is 6.77. The molecule has 1 aromatic heterocycles. The fraction of sp³-hybridized carbons (Fsp3) is 0.333. The van der Waals surface area contributed by atoms with Crippen molar-refractivity contribution in [2.45, 2.75) is 27.0 Å². The Bertz CT molecular complexity index is 457. The first-order valence-electron chi connectivity index (χ1n) is 4.96. The number of aliphatic hydroxyl groups is 1. The highest BCUT2D eigenvalue weighted by atomic mass is 16.3. The van der Waals surface area contributed by atoms with Crippen LogP contribution < -0.4 is 0 Å². The molecule has 0 amide bonds. The Morgan fingerprint density at radius 1 is 1.36 bits per heavy atom. The van der Waals surface area contributed by atoms with Crippen LogP contribution in [0.1, 0.15) is 18.2 Å². The van der Waals surface area contributed by atoms with Crippen LogP contribution in [0.3, 0.4) is 0 Å². The predicted octanol–water partition coefficient (Wildman–Crippen LogP) is 2.46. The molecule has 0 bridgehead atoms. The van der Waals surface area contributed by atoms with Gasteiger partial charge in [0.15, 0.2) is 0 Å². The van der Waals surface area contributed by atoms with Crippen LogP contribution in [-0.4, -0.2) is 9.67 Å². The molecule has 0 atom stereocenters. The number of para-hydroxylation sites is 1. The molecule has 0 aliphatic carbocycles. The van der Waals surface area contributed by atoms with Gasteiger partial charge in [-0.1, -0.05) is 18.2 Å². The van der Waals surface area contributed by atoms with Crippen molar-refractivity contribution in [3.63, 3.8) is 0 Å². The predicted molar refractivity (Wildman–Crippen MR) is 58.3 cm³/mol. The summed E-state index contributed by atoms with van der Waals surface area (Å²) in [5, 5.41) is 10.4. The van der Waals surface area contributed by atoms with Crippen LogP contribution in [0.25, 0.3) is 10.9 Å². The topological polar surface area (TPSA) is 25.2 Å². The monoisotopic (exact) mass is 189 g/mol. The molecule has 0 fully saturated rings. The number of aromatic nitrogens is 1. The molecule has 14 heavy (non-hydrogen) atoms. The Hall–Kier alpha value is -1.28. The highest BCUT2D eigenvalue weighted by molar-refractivity contribution is 5.84. The van der Waals surface area contributed by atoms with E-state index in [2.05, 4.69) is 42.7 Å². The summed E-state index contributed by atoms with van der Waals surface area (Å²) in [4.78, 5) is 0. The van der Waals surface area contributed by atoms with Gasteiger partial charge < -0.3 is 9.67 Å². The Balaban J connectivity index is 2.81. The van der Waals surface area contributed by atoms with Crippen LogP contribution in [-0.2, 0) is 13.2 Å². The molecule has 1 aromatic carbocycles. The van der Waals surface area contributed by atoms with Gasteiger partial charge in [0.05, 0.1) is 12.1 Å². The second-order valence-corrected chi connectivity index (χ2v) is 3.55. The average Bonchev–Trinajstić information content (AvgIpc) is 2.56. The minimum atomic E-state index is 0.113. The van der Waals surface area contributed by atoms with Crippen molar-refractivity contribution in [2.75, 3.05) is 0 Å². The molecule has 2 heteroatoms. The SMILES string of the molecule is CCn1c(CO)cc2cccc(C)c21. The van der Waals surface area contributed by atoms with Crippen molar-refractivity contribution in [3.05, 3.63) is 35.5 Å². The second kappa shape index (κ2) is 3.46. The molecule has 0 radical (unpaired) electrons. The third-order valence-electron chi connectivity index (χ3n) is 2.69. The molecule has 0 aliphatic heterocycles. The zero-order chi connectivity index (χ0) is 10.1. The maximum absolute atomic E-state index is 9.22. The highest BCUT2D eigenvalue weighted by Crippen LogP contribution is 2.23. The van der Waals surface area contributed by atoms with E-state index in [-0.39, 0.29) is 6.61 Å². The van der Waals surface area contributed by atoms with Gasteiger partial charge in [-0.2, -0.15) is 0 Å². The standard InChI is InChI=1S/C12H15NO/c1-3-13-11(8-14)7-10-6-4-5-9(2)12(10)13/h4-7,14H,3,8H2,1-2H3. The third kappa shape index (κ3) is 1.23. The first-order valence-corrected chi connectivity index (χ1v) is 4.96. The summed E-state index contributed by atoms with van der Waals surface area (Å²) in [5.41, 5.74) is 3.51. The molecule has 0 saturated carbocycles. The summed E-state index contributed by atoms with van der Waals surface area (Å²) in [5.74, 6) is 0. The Morgan fingerprint density at radius 2 is 2.14 bits per heavy atom. The van der Waals surface area contributed by atoms with Crippen molar-refractivity contribution < 1.29 is 5.11 Å². The van der Waals surface area contributed by atoms with E-state index in [1.165, 1.54) is 16.5 Å². The van der Waals surface area contributed by atoms with Crippen molar-refractivity contribution in [1.82, 2.24) is 4.57 Å². The van der Waals surface area contributed by atoms with Gasteiger partial charge in [-0.05, 0) is 25.5 Å². The summed E-state index contributed by atoms with van der Waals surface area (Å²) in [6.07, 6.45) is 0. The fourth-order valence-electron chi connectivity index (χ4n) is 2.06. The maximum Gasteiger partial charge on any atom is 0.0833 e. The van der Waals surface area contributed by atoms with Crippen molar-refractivity contribution in [3.8, 4) is 0 Å². The average molecular weight is 189 g/mol. The van der Waals surface area contributed by atoms with Gasteiger partial charge in [-0.15, -0.1) is 0 Å². The van der Waals surface area contributed by atoms with Gasteiger partial charge in [-0.25, -0.2) is 0 Å². The van der Waals surface area contributed by atoms with Gasteiger partial charge in [0.25, 0.3) is 0 Å². The molecular weight excluding hydrogens is 174 g/mol. The minimum Gasteiger partial charge on any atom is -0.390 e. The molecular formula is C12H15NO. The molecule has 2 nitrogen and oxygen atoms in total. The van der Waals surface area contributed by atoms with E-state index in [0.717, 1.165) is 12.2 Å². The molecule has 1 N–H and O–H groups in total. The Kier molecular flexibility index (Phi) is 2.30. The van der Waals surface area contributed by atoms with Crippen molar-refractivity contribution >= 4 is 10.9 Å². The molecule has 2 aromatic rings. The molecule has 0 spiro atoms. The minimum absolute atomic E-state index is 0.113. The van der Waals surface area contributed by atoms with E-state index >= 15 is 0 Å². The fourth-order valence-corrected chi connectivity index (χ4v) is 2.06. The van der Waals surface area contributed by atoms with Crippen LogP contribution in [0.4, 0.5) is 0 Å². The zero-order valence-electron chi connectivity index (χ0n) is 8.62. The quantitative estimate of drug-likeness (QED) is 0.771. The van der Waals surface area contributed by atoms with Gasteiger partial charge in [0.1, 0.15) is 0 Å². The normalized spacial score (nSPS) is 11.1. The van der Waals surface area contributed by atoms with Gasteiger partial charge in [0.2, 0.25) is 0 Å². The first kappa shape index (κ1) is 9.28. The summed E-state index contributed by atoms with van der Waals surface area (Å²) in [6, 6.07) is 8.31. The van der Waals surface area contributed by atoms with E-state index in [0.29, 0.717) is 0 Å². The lowest BCUT2D eigenvalue weighted by Crippen LogP contribution is -2.00. The number of nitrogens with zero attached hydrogens (tertiary/aromatic N) is 1. The second-order valence-electron chi connectivity index (χ2n) is 3.55. The Labute approximate surface area is 83.8 Å². The summed E-state index contributed by atoms with van der Waals surface area (Å²) >= 11 is 0. The number of aryl methyl sites for hydroxylation is 2. The molecule has 0 aliphatic rings. The number of rotatable bonds is 2. The van der Waals surface area contributed by atoms with Gasteiger partial charge >= 0.3 is 0 Å². The van der Waals surface area contributed by atoms with Crippen LogP contribution in [0.15, 0.2) is 24.3 Å². The lowest BCUT2D eigenvalue weighted by molar-refractivity contribution is 0.272. The van der Waals surface area contributed by atoms with E-state index in [4.69, 9.17) is 0 Å². The number of hydrogen-bond acceptors (Lipinski definition) is 1. The van der Waals surface area contributed by atoms with E-state index < -0.39 is 0 Å². The lowest BCUT2D eigenvalue weighted by Gasteiger charge is -2.07. The highest BCUT2D eigenvalue weighted by Gasteiger charge is 2.07. The number of hydrogen-bond donors (Lipinski definition) is 1. The number of aliphatic hydroxyl groups excluding tert-OH is 1. The summed E-state index contributed by atoms with van der Waals surface area (Å²) in [7, 11) is 0. The van der Waals surface area contributed by atoms with Crippen LogP contribution >= 0.6 is 0 Å². The third-order valence-corrected chi connectivity index (χ3v) is 2.69.